The van der Waals surface area contributed by atoms with Crippen LogP contribution >= 0.6 is 11.6 Å². The number of likely N-dealkylation sites (tertiary alicyclic amines) is 1. The first-order valence-electron chi connectivity index (χ1n) is 11.3. The van der Waals surface area contributed by atoms with Crippen molar-refractivity contribution in [2.75, 3.05) is 31.1 Å². The van der Waals surface area contributed by atoms with Gasteiger partial charge in [0.05, 0.1) is 12.0 Å². The van der Waals surface area contributed by atoms with Crippen molar-refractivity contribution >= 4 is 29.1 Å². The van der Waals surface area contributed by atoms with Gasteiger partial charge in [-0.2, -0.15) is 0 Å². The lowest BCUT2D eigenvalue weighted by Crippen LogP contribution is -2.56. The van der Waals surface area contributed by atoms with E-state index in [4.69, 9.17) is 11.6 Å². The van der Waals surface area contributed by atoms with E-state index < -0.39 is 11.8 Å². The highest BCUT2D eigenvalue weighted by atomic mass is 35.5. The zero-order valence-electron chi connectivity index (χ0n) is 17.9. The molecule has 1 unspecified atom stereocenters. The van der Waals surface area contributed by atoms with Gasteiger partial charge in [0.15, 0.2) is 0 Å². The lowest BCUT2D eigenvalue weighted by Gasteiger charge is -2.43. The number of alkyl halides is 2. The zero-order valence-corrected chi connectivity index (χ0v) is 18.6. The molecule has 0 aromatic heterocycles. The van der Waals surface area contributed by atoms with Crippen LogP contribution in [0.15, 0.2) is 18.2 Å². The van der Waals surface area contributed by atoms with Crippen LogP contribution in [-0.4, -0.2) is 54.9 Å². The molecule has 170 valence electrons. The topological polar surface area (TPSA) is 52.7 Å². The minimum atomic E-state index is -2.56. The van der Waals surface area contributed by atoms with Gasteiger partial charge in [0, 0.05) is 61.7 Å². The van der Waals surface area contributed by atoms with Crippen molar-refractivity contribution in [1.29, 1.82) is 0 Å². The Balaban J connectivity index is 1.41. The van der Waals surface area contributed by atoms with Gasteiger partial charge in [0.2, 0.25) is 17.7 Å². The van der Waals surface area contributed by atoms with Gasteiger partial charge < -0.3 is 15.1 Å². The summed E-state index contributed by atoms with van der Waals surface area (Å²) in [5, 5.41) is 3.56. The minimum Gasteiger partial charge on any atom is -0.368 e. The van der Waals surface area contributed by atoms with Crippen LogP contribution < -0.4 is 10.2 Å². The third kappa shape index (κ3) is 4.66. The third-order valence-corrected chi connectivity index (χ3v) is 7.37. The molecule has 1 aliphatic carbocycles. The summed E-state index contributed by atoms with van der Waals surface area (Å²) in [6, 6.07) is 5.81. The largest absolute Gasteiger partial charge is 0.368 e. The second-order valence-corrected chi connectivity index (χ2v) is 9.47. The van der Waals surface area contributed by atoms with Crippen molar-refractivity contribution in [2.45, 2.75) is 63.3 Å². The summed E-state index contributed by atoms with van der Waals surface area (Å²) >= 11 is 6.49. The molecule has 0 bridgehead atoms. The predicted molar refractivity (Wildman–Crippen MR) is 117 cm³/mol. The smallest absolute Gasteiger partial charge is 0.248 e. The van der Waals surface area contributed by atoms with E-state index in [0.29, 0.717) is 43.9 Å². The van der Waals surface area contributed by atoms with Gasteiger partial charge >= 0.3 is 0 Å². The second-order valence-electron chi connectivity index (χ2n) is 9.06. The van der Waals surface area contributed by atoms with E-state index in [9.17, 15) is 18.4 Å². The van der Waals surface area contributed by atoms with Crippen molar-refractivity contribution in [3.63, 3.8) is 0 Å². The van der Waals surface area contributed by atoms with Crippen LogP contribution in [0.4, 0.5) is 14.5 Å². The average molecular weight is 454 g/mol. The molecule has 2 aliphatic heterocycles. The molecule has 2 heterocycles. The number of nitrogens with one attached hydrogen (secondary N) is 1. The van der Waals surface area contributed by atoms with Crippen molar-refractivity contribution in [3.8, 4) is 0 Å². The Morgan fingerprint density at radius 3 is 2.61 bits per heavy atom. The number of anilines is 1. The minimum absolute atomic E-state index is 0.0930. The van der Waals surface area contributed by atoms with Gasteiger partial charge in [-0.1, -0.05) is 24.6 Å². The van der Waals surface area contributed by atoms with Crippen LogP contribution in [0.2, 0.25) is 5.02 Å². The first-order valence-corrected chi connectivity index (χ1v) is 11.6. The number of carbonyl (C=O) groups excluding carboxylic acids is 2. The number of hydrogen-bond donors (Lipinski definition) is 1. The molecule has 4 rings (SSSR count). The van der Waals surface area contributed by atoms with Crippen LogP contribution in [0.3, 0.4) is 0 Å². The average Bonchev–Trinajstić information content (AvgIpc) is 3.10. The molecule has 5 nitrogen and oxygen atoms in total. The van der Waals surface area contributed by atoms with Gasteiger partial charge in [-0.3, -0.25) is 9.59 Å². The quantitative estimate of drug-likeness (QED) is 0.702. The Hall–Kier alpha value is -1.89. The Labute approximate surface area is 187 Å². The standard InChI is InChI=1S/C23H30ClF2N3O2/c1-2-20(30)29-11-8-16(29)13-28-14-17(21-18(24)4-3-5-19(21)28)22(31)27-12-15-6-9-23(25,26)10-7-15/h3-5,15-17H,2,6-14H2,1H3,(H,27,31)/t16-,17?/m0/s1. The molecule has 1 saturated carbocycles. The first kappa shape index (κ1) is 22.3. The molecule has 2 fully saturated rings. The number of amides is 2. The van der Waals surface area contributed by atoms with Crippen molar-refractivity contribution in [1.82, 2.24) is 10.2 Å². The number of nitrogens with zero attached hydrogens (tertiary/aromatic N) is 2. The third-order valence-electron chi connectivity index (χ3n) is 7.04. The van der Waals surface area contributed by atoms with Gasteiger partial charge in [-0.05, 0) is 37.3 Å². The fourth-order valence-electron chi connectivity index (χ4n) is 5.03. The van der Waals surface area contributed by atoms with Gasteiger partial charge in [0.1, 0.15) is 0 Å². The molecule has 0 radical (unpaired) electrons. The first-order chi connectivity index (χ1) is 14.8. The van der Waals surface area contributed by atoms with Crippen molar-refractivity contribution < 1.29 is 18.4 Å². The maximum atomic E-state index is 13.4. The van der Waals surface area contributed by atoms with Crippen molar-refractivity contribution in [2.24, 2.45) is 5.92 Å². The van der Waals surface area contributed by atoms with Gasteiger partial charge in [0.25, 0.3) is 0 Å². The molecule has 3 aliphatic rings. The van der Waals surface area contributed by atoms with E-state index in [2.05, 4.69) is 10.2 Å². The Bertz CT molecular complexity index is 840. The molecule has 1 aromatic rings. The van der Waals surface area contributed by atoms with Gasteiger partial charge in [-0.15, -0.1) is 0 Å². The number of fused-ring (bicyclic) bond motifs is 1. The zero-order chi connectivity index (χ0) is 22.2. The maximum Gasteiger partial charge on any atom is 0.248 e. The van der Waals surface area contributed by atoms with Crippen LogP contribution in [0, 0.1) is 5.92 Å². The van der Waals surface area contributed by atoms with E-state index in [1.54, 1.807) is 6.07 Å². The second kappa shape index (κ2) is 8.93. The highest BCUT2D eigenvalue weighted by Gasteiger charge is 2.40. The van der Waals surface area contributed by atoms with Crippen LogP contribution in [0.1, 0.15) is 56.9 Å². The monoisotopic (exact) mass is 453 g/mol. The summed E-state index contributed by atoms with van der Waals surface area (Å²) in [6.07, 6.45) is 2.12. The van der Waals surface area contributed by atoms with E-state index in [0.717, 1.165) is 24.2 Å². The number of carbonyl (C=O) groups is 2. The molecule has 1 N–H and O–H groups in total. The van der Waals surface area contributed by atoms with Gasteiger partial charge in [-0.25, -0.2) is 8.78 Å². The molecule has 31 heavy (non-hydrogen) atoms. The summed E-state index contributed by atoms with van der Waals surface area (Å²) in [5.74, 6) is -2.81. The molecule has 1 aromatic carbocycles. The Morgan fingerprint density at radius 1 is 1.23 bits per heavy atom. The Kier molecular flexibility index (Phi) is 6.42. The summed E-state index contributed by atoms with van der Waals surface area (Å²) in [6.45, 7) is 4.28. The maximum absolute atomic E-state index is 13.4. The summed E-state index contributed by atoms with van der Waals surface area (Å²) < 4.78 is 26.8. The number of halogens is 3. The molecule has 1 saturated heterocycles. The highest BCUT2D eigenvalue weighted by Crippen LogP contribution is 2.42. The number of benzene rings is 1. The fraction of sp³-hybridized carbons (Fsp3) is 0.652. The molecule has 2 amide bonds. The van der Waals surface area contributed by atoms with E-state index in [1.807, 2.05) is 24.0 Å². The molecular formula is C23H30ClF2N3O2. The fourth-order valence-corrected chi connectivity index (χ4v) is 5.33. The highest BCUT2D eigenvalue weighted by molar-refractivity contribution is 6.32. The van der Waals surface area contributed by atoms with Crippen LogP contribution in [0.25, 0.3) is 0 Å². The molecule has 8 heteroatoms. The van der Waals surface area contributed by atoms with E-state index in [-0.39, 0.29) is 36.6 Å². The van der Waals surface area contributed by atoms with Crippen LogP contribution in [0.5, 0.6) is 0 Å². The lowest BCUT2D eigenvalue weighted by atomic mass is 9.86. The SMILES string of the molecule is CCC(=O)N1CC[C@H]1CN1CC(C(=O)NCC2CCC(F)(F)CC2)c2c(Cl)cccc21. The summed E-state index contributed by atoms with van der Waals surface area (Å²) in [7, 11) is 0. The number of rotatable bonds is 6. The van der Waals surface area contributed by atoms with Crippen molar-refractivity contribution in [3.05, 3.63) is 28.8 Å². The van der Waals surface area contributed by atoms with E-state index in [1.165, 1.54) is 0 Å². The predicted octanol–water partition coefficient (Wildman–Crippen LogP) is 4.20. The number of hydrogen-bond acceptors (Lipinski definition) is 3. The molecule has 0 spiro atoms. The molecule has 2 atom stereocenters. The van der Waals surface area contributed by atoms with Crippen LogP contribution in [-0.2, 0) is 9.59 Å². The van der Waals surface area contributed by atoms with E-state index >= 15 is 0 Å². The summed E-state index contributed by atoms with van der Waals surface area (Å²) in [5.41, 5.74) is 1.77. The molecular weight excluding hydrogens is 424 g/mol. The summed E-state index contributed by atoms with van der Waals surface area (Å²) in [4.78, 5) is 29.2. The lowest BCUT2D eigenvalue weighted by molar-refractivity contribution is -0.138. The Morgan fingerprint density at radius 2 is 1.97 bits per heavy atom. The normalized spacial score (nSPS) is 25.2.